The zero-order chi connectivity index (χ0) is 13.3. The largest absolute Gasteiger partial charge is 0.376 e. The quantitative estimate of drug-likeness (QED) is 0.782. The first-order valence-electron chi connectivity index (χ1n) is 5.34. The van der Waals surface area contributed by atoms with E-state index in [1.54, 1.807) is 0 Å². The molecule has 1 aromatic rings. The van der Waals surface area contributed by atoms with Crippen LogP contribution < -0.4 is 0 Å². The summed E-state index contributed by atoms with van der Waals surface area (Å²) in [6, 6.07) is 1.31. The molecule has 1 unspecified atom stereocenters. The second-order valence-electron chi connectivity index (χ2n) is 3.99. The smallest absolute Gasteiger partial charge is 0.244 e. The minimum absolute atomic E-state index is 0.0472. The van der Waals surface area contributed by atoms with Crippen molar-refractivity contribution in [3.8, 4) is 0 Å². The number of hydrogen-bond acceptors (Lipinski definition) is 4. The maximum atomic E-state index is 12.3. The van der Waals surface area contributed by atoms with Crippen LogP contribution in [-0.4, -0.2) is 43.5 Å². The summed E-state index contributed by atoms with van der Waals surface area (Å²) in [6.45, 7) is 2.86. The summed E-state index contributed by atoms with van der Waals surface area (Å²) in [6.07, 6.45) is 1.09. The van der Waals surface area contributed by atoms with Crippen molar-refractivity contribution in [2.45, 2.75) is 17.9 Å². The van der Waals surface area contributed by atoms with Gasteiger partial charge in [0.15, 0.2) is 0 Å². The van der Waals surface area contributed by atoms with Crippen LogP contribution in [0.25, 0.3) is 0 Å². The first-order valence-corrected chi connectivity index (χ1v) is 7.53. The highest BCUT2D eigenvalue weighted by atomic mass is 35.5. The van der Waals surface area contributed by atoms with Gasteiger partial charge in [-0.1, -0.05) is 23.2 Å². The normalized spacial score (nSPS) is 22.1. The Labute approximate surface area is 116 Å². The standard InChI is InChI=1S/C10H12Cl2N2O3S/c1-7-6-14(2-3-17-7)18(15,16)8-4-9(11)10(12)13-5-8/h4-5,7H,2-3,6H2,1H3. The van der Waals surface area contributed by atoms with E-state index in [0.717, 1.165) is 0 Å². The van der Waals surface area contributed by atoms with Crippen LogP contribution >= 0.6 is 23.2 Å². The van der Waals surface area contributed by atoms with Crippen molar-refractivity contribution in [2.75, 3.05) is 19.7 Å². The first-order chi connectivity index (χ1) is 8.41. The Morgan fingerprint density at radius 1 is 1.50 bits per heavy atom. The Morgan fingerprint density at radius 3 is 2.83 bits per heavy atom. The molecule has 1 atom stereocenters. The molecule has 0 amide bonds. The summed E-state index contributed by atoms with van der Waals surface area (Å²) in [4.78, 5) is 3.80. The molecule has 2 rings (SSSR count). The summed E-state index contributed by atoms with van der Waals surface area (Å²) < 4.78 is 31.3. The maximum absolute atomic E-state index is 12.3. The van der Waals surface area contributed by atoms with Crippen molar-refractivity contribution in [2.24, 2.45) is 0 Å². The van der Waals surface area contributed by atoms with Crippen LogP contribution in [-0.2, 0) is 14.8 Å². The Hall–Kier alpha value is -0.400. The van der Waals surface area contributed by atoms with Gasteiger partial charge in [-0.3, -0.25) is 0 Å². The van der Waals surface area contributed by atoms with E-state index in [9.17, 15) is 8.42 Å². The van der Waals surface area contributed by atoms with Gasteiger partial charge in [-0.15, -0.1) is 0 Å². The third-order valence-electron chi connectivity index (χ3n) is 2.61. The Bertz CT molecular complexity index is 550. The summed E-state index contributed by atoms with van der Waals surface area (Å²) in [7, 11) is -3.59. The van der Waals surface area contributed by atoms with Crippen LogP contribution in [0.3, 0.4) is 0 Å². The monoisotopic (exact) mass is 310 g/mol. The lowest BCUT2D eigenvalue weighted by atomic mass is 10.3. The van der Waals surface area contributed by atoms with Crippen LogP contribution in [0.2, 0.25) is 10.2 Å². The lowest BCUT2D eigenvalue weighted by Crippen LogP contribution is -2.44. The van der Waals surface area contributed by atoms with Crippen molar-refractivity contribution in [3.63, 3.8) is 0 Å². The molecule has 5 nitrogen and oxygen atoms in total. The summed E-state index contributed by atoms with van der Waals surface area (Å²) in [5, 5.41) is 0.213. The van der Waals surface area contributed by atoms with Gasteiger partial charge >= 0.3 is 0 Å². The van der Waals surface area contributed by atoms with Gasteiger partial charge in [-0.25, -0.2) is 13.4 Å². The third kappa shape index (κ3) is 2.78. The molecule has 8 heteroatoms. The molecule has 0 N–H and O–H groups in total. The van der Waals surface area contributed by atoms with Crippen molar-refractivity contribution >= 4 is 33.2 Å². The Kier molecular flexibility index (Phi) is 4.13. The predicted octanol–water partition coefficient (Wildman–Crippen LogP) is 1.80. The first kappa shape index (κ1) is 14.0. The molecule has 0 radical (unpaired) electrons. The van der Waals surface area contributed by atoms with Gasteiger partial charge in [0, 0.05) is 19.3 Å². The van der Waals surface area contributed by atoms with Crippen molar-refractivity contribution < 1.29 is 13.2 Å². The van der Waals surface area contributed by atoms with Gasteiger partial charge in [-0.2, -0.15) is 4.31 Å². The van der Waals surface area contributed by atoms with Crippen LogP contribution in [0.5, 0.6) is 0 Å². The Morgan fingerprint density at radius 2 is 2.22 bits per heavy atom. The van der Waals surface area contributed by atoms with Crippen molar-refractivity contribution in [3.05, 3.63) is 22.4 Å². The highest BCUT2D eigenvalue weighted by molar-refractivity contribution is 7.89. The molecule has 0 aliphatic carbocycles. The minimum atomic E-state index is -3.59. The number of aromatic nitrogens is 1. The predicted molar refractivity (Wildman–Crippen MR) is 68.4 cm³/mol. The van der Waals surface area contributed by atoms with E-state index in [2.05, 4.69) is 4.98 Å². The molecule has 18 heavy (non-hydrogen) atoms. The van der Waals surface area contributed by atoms with Crippen LogP contribution in [0.15, 0.2) is 17.2 Å². The number of morpholine rings is 1. The molecule has 1 saturated heterocycles. The van der Waals surface area contributed by atoms with Gasteiger partial charge in [-0.05, 0) is 13.0 Å². The Balaban J connectivity index is 2.32. The zero-order valence-electron chi connectivity index (χ0n) is 9.64. The van der Waals surface area contributed by atoms with E-state index in [0.29, 0.717) is 19.7 Å². The number of sulfonamides is 1. The molecule has 1 fully saturated rings. The van der Waals surface area contributed by atoms with Gasteiger partial charge in [0.2, 0.25) is 10.0 Å². The fraction of sp³-hybridized carbons (Fsp3) is 0.500. The highest BCUT2D eigenvalue weighted by Crippen LogP contribution is 2.25. The van der Waals surface area contributed by atoms with Crippen molar-refractivity contribution in [1.29, 1.82) is 0 Å². The van der Waals surface area contributed by atoms with Gasteiger partial charge in [0.05, 0.1) is 17.7 Å². The molecule has 0 bridgehead atoms. The van der Waals surface area contributed by atoms with E-state index in [-0.39, 0.29) is 21.2 Å². The molecule has 2 heterocycles. The average Bonchev–Trinajstić information content (AvgIpc) is 2.32. The number of nitrogens with zero attached hydrogens (tertiary/aromatic N) is 2. The van der Waals surface area contributed by atoms with Gasteiger partial charge < -0.3 is 4.74 Å². The molecule has 100 valence electrons. The number of hydrogen-bond donors (Lipinski definition) is 0. The maximum Gasteiger partial charge on any atom is 0.244 e. The van der Waals surface area contributed by atoms with E-state index >= 15 is 0 Å². The van der Waals surface area contributed by atoms with Crippen LogP contribution in [0.1, 0.15) is 6.92 Å². The molecule has 0 saturated carbocycles. The van der Waals surface area contributed by atoms with E-state index in [1.165, 1.54) is 16.6 Å². The average molecular weight is 311 g/mol. The number of ether oxygens (including phenoxy) is 1. The highest BCUT2D eigenvalue weighted by Gasteiger charge is 2.29. The van der Waals surface area contributed by atoms with E-state index < -0.39 is 10.0 Å². The molecule has 1 aliphatic rings. The fourth-order valence-electron chi connectivity index (χ4n) is 1.70. The SMILES string of the molecule is CC1CN(S(=O)(=O)c2cnc(Cl)c(Cl)c2)CCO1. The second kappa shape index (κ2) is 5.30. The number of rotatable bonds is 2. The molecular weight excluding hydrogens is 299 g/mol. The molecule has 1 aromatic heterocycles. The van der Waals surface area contributed by atoms with Gasteiger partial charge in [0.1, 0.15) is 10.0 Å². The zero-order valence-corrected chi connectivity index (χ0v) is 12.0. The number of halogens is 2. The molecule has 0 spiro atoms. The fourth-order valence-corrected chi connectivity index (χ4v) is 3.50. The second-order valence-corrected chi connectivity index (χ2v) is 6.69. The topological polar surface area (TPSA) is 59.5 Å². The van der Waals surface area contributed by atoms with Gasteiger partial charge in [0.25, 0.3) is 0 Å². The van der Waals surface area contributed by atoms with E-state index in [4.69, 9.17) is 27.9 Å². The summed E-state index contributed by atoms with van der Waals surface area (Å²) >= 11 is 11.5. The number of pyridine rings is 1. The van der Waals surface area contributed by atoms with Crippen LogP contribution in [0, 0.1) is 0 Å². The summed E-state index contributed by atoms with van der Waals surface area (Å²) in [5.74, 6) is 0. The lowest BCUT2D eigenvalue weighted by molar-refractivity contribution is 0.0102. The lowest BCUT2D eigenvalue weighted by Gasteiger charge is -2.30. The molecule has 0 aromatic carbocycles. The van der Waals surface area contributed by atoms with E-state index in [1.807, 2.05) is 6.92 Å². The summed E-state index contributed by atoms with van der Waals surface area (Å²) in [5.41, 5.74) is 0. The minimum Gasteiger partial charge on any atom is -0.376 e. The van der Waals surface area contributed by atoms with Crippen molar-refractivity contribution in [1.82, 2.24) is 9.29 Å². The third-order valence-corrected chi connectivity index (χ3v) is 5.13. The molecular formula is C10H12Cl2N2O3S. The van der Waals surface area contributed by atoms with Crippen LogP contribution in [0.4, 0.5) is 0 Å². The molecule has 1 aliphatic heterocycles.